The minimum Gasteiger partial charge on any atom is -0.316 e. The fourth-order valence-corrected chi connectivity index (χ4v) is 2.40. The summed E-state index contributed by atoms with van der Waals surface area (Å²) >= 11 is 0. The molecule has 2 atom stereocenters. The Labute approximate surface area is 92.4 Å². The quantitative estimate of drug-likeness (QED) is 0.699. The van der Waals surface area contributed by atoms with Crippen molar-refractivity contribution in [3.05, 3.63) is 0 Å². The number of nitrogens with zero attached hydrogens (tertiary/aromatic N) is 1. The van der Waals surface area contributed by atoms with E-state index in [0.717, 1.165) is 19.5 Å². The van der Waals surface area contributed by atoms with E-state index in [2.05, 4.69) is 17.0 Å². The van der Waals surface area contributed by atoms with Gasteiger partial charge in [0, 0.05) is 20.6 Å². The fraction of sp³-hybridized carbons (Fsp3) is 1.00. The van der Waals surface area contributed by atoms with Gasteiger partial charge in [0.1, 0.15) is 0 Å². The average Bonchev–Trinajstić information content (AvgIpc) is 2.16. The second-order valence-electron chi connectivity index (χ2n) is 4.37. The molecular formula is C9H21N3O2S. The van der Waals surface area contributed by atoms with Gasteiger partial charge in [0.25, 0.3) is 10.2 Å². The molecule has 0 aliphatic carbocycles. The van der Waals surface area contributed by atoms with Crippen LogP contribution in [0.4, 0.5) is 0 Å². The van der Waals surface area contributed by atoms with E-state index in [4.69, 9.17) is 0 Å². The maximum Gasteiger partial charge on any atom is 0.278 e. The SMILES string of the molecule is CC1CNCCC1CNS(=O)(=O)N(C)C. The molecule has 2 N–H and O–H groups in total. The van der Waals surface area contributed by atoms with Crippen LogP contribution in [0, 0.1) is 11.8 Å². The molecule has 0 saturated carbocycles. The zero-order chi connectivity index (χ0) is 11.5. The Morgan fingerprint density at radius 1 is 1.47 bits per heavy atom. The monoisotopic (exact) mass is 235 g/mol. The summed E-state index contributed by atoms with van der Waals surface area (Å²) in [7, 11) is -0.186. The van der Waals surface area contributed by atoms with Crippen molar-refractivity contribution in [1.29, 1.82) is 0 Å². The molecule has 1 fully saturated rings. The van der Waals surface area contributed by atoms with Crippen molar-refractivity contribution in [1.82, 2.24) is 14.3 Å². The van der Waals surface area contributed by atoms with E-state index in [1.165, 1.54) is 18.4 Å². The third-order valence-electron chi connectivity index (χ3n) is 2.97. The lowest BCUT2D eigenvalue weighted by atomic mass is 9.88. The van der Waals surface area contributed by atoms with Crippen molar-refractivity contribution in [3.63, 3.8) is 0 Å². The van der Waals surface area contributed by atoms with Gasteiger partial charge in [-0.2, -0.15) is 12.7 Å². The molecule has 0 aromatic heterocycles. The van der Waals surface area contributed by atoms with Gasteiger partial charge in [-0.15, -0.1) is 0 Å². The summed E-state index contributed by atoms with van der Waals surface area (Å²) in [4.78, 5) is 0. The molecular weight excluding hydrogens is 214 g/mol. The second kappa shape index (κ2) is 5.25. The number of rotatable bonds is 4. The van der Waals surface area contributed by atoms with Crippen LogP contribution in [0.3, 0.4) is 0 Å². The molecule has 1 aliphatic rings. The van der Waals surface area contributed by atoms with Crippen LogP contribution in [0.5, 0.6) is 0 Å². The van der Waals surface area contributed by atoms with E-state index in [1.54, 1.807) is 0 Å². The Kier molecular flexibility index (Phi) is 4.51. The van der Waals surface area contributed by atoms with E-state index < -0.39 is 10.2 Å². The van der Waals surface area contributed by atoms with Gasteiger partial charge in [-0.1, -0.05) is 6.92 Å². The lowest BCUT2D eigenvalue weighted by molar-refractivity contribution is 0.273. The molecule has 1 heterocycles. The number of hydrogen-bond acceptors (Lipinski definition) is 3. The predicted molar refractivity (Wildman–Crippen MR) is 60.8 cm³/mol. The van der Waals surface area contributed by atoms with E-state index in [1.807, 2.05) is 0 Å². The van der Waals surface area contributed by atoms with Crippen LogP contribution in [0.2, 0.25) is 0 Å². The molecule has 1 aliphatic heterocycles. The van der Waals surface area contributed by atoms with Crippen molar-refractivity contribution in [3.8, 4) is 0 Å². The van der Waals surface area contributed by atoms with Crippen LogP contribution in [-0.2, 0) is 10.2 Å². The van der Waals surface area contributed by atoms with Crippen molar-refractivity contribution < 1.29 is 8.42 Å². The van der Waals surface area contributed by atoms with Gasteiger partial charge in [-0.3, -0.25) is 0 Å². The molecule has 0 amide bonds. The highest BCUT2D eigenvalue weighted by Crippen LogP contribution is 2.17. The van der Waals surface area contributed by atoms with Gasteiger partial charge in [0.2, 0.25) is 0 Å². The smallest absolute Gasteiger partial charge is 0.278 e. The third-order valence-corrected chi connectivity index (χ3v) is 4.46. The summed E-state index contributed by atoms with van der Waals surface area (Å²) in [5.74, 6) is 0.976. The largest absolute Gasteiger partial charge is 0.316 e. The first-order chi connectivity index (χ1) is 6.93. The number of piperidine rings is 1. The molecule has 5 nitrogen and oxygen atoms in total. The highest BCUT2D eigenvalue weighted by atomic mass is 32.2. The van der Waals surface area contributed by atoms with E-state index >= 15 is 0 Å². The highest BCUT2D eigenvalue weighted by Gasteiger charge is 2.23. The van der Waals surface area contributed by atoms with Gasteiger partial charge >= 0.3 is 0 Å². The molecule has 0 radical (unpaired) electrons. The van der Waals surface area contributed by atoms with Gasteiger partial charge in [0.15, 0.2) is 0 Å². The van der Waals surface area contributed by atoms with Crippen LogP contribution in [-0.4, -0.2) is 46.5 Å². The first kappa shape index (κ1) is 12.9. The Morgan fingerprint density at radius 3 is 2.67 bits per heavy atom. The first-order valence-corrected chi connectivity index (χ1v) is 6.75. The fourth-order valence-electron chi connectivity index (χ4n) is 1.71. The lowest BCUT2D eigenvalue weighted by Crippen LogP contribution is -2.43. The molecule has 2 unspecified atom stereocenters. The van der Waals surface area contributed by atoms with Crippen LogP contribution in [0.1, 0.15) is 13.3 Å². The van der Waals surface area contributed by atoms with Gasteiger partial charge < -0.3 is 5.32 Å². The molecule has 90 valence electrons. The van der Waals surface area contributed by atoms with E-state index in [-0.39, 0.29) is 0 Å². The van der Waals surface area contributed by atoms with Crippen molar-refractivity contribution in [2.75, 3.05) is 33.7 Å². The minimum absolute atomic E-state index is 0.445. The maximum atomic E-state index is 11.5. The molecule has 0 aromatic carbocycles. The van der Waals surface area contributed by atoms with Gasteiger partial charge in [0.05, 0.1) is 0 Å². The molecule has 0 spiro atoms. The van der Waals surface area contributed by atoms with E-state index in [9.17, 15) is 8.42 Å². The average molecular weight is 235 g/mol. The highest BCUT2D eigenvalue weighted by molar-refractivity contribution is 7.87. The van der Waals surface area contributed by atoms with Crippen molar-refractivity contribution in [2.45, 2.75) is 13.3 Å². The standard InChI is InChI=1S/C9H21N3O2S/c1-8-6-10-5-4-9(8)7-11-15(13,14)12(2)3/h8-11H,4-7H2,1-3H3. The number of nitrogens with one attached hydrogen (secondary N) is 2. The Balaban J connectivity index is 2.42. The molecule has 0 aromatic rings. The summed E-state index contributed by atoms with van der Waals surface area (Å²) in [6, 6.07) is 0. The zero-order valence-electron chi connectivity index (χ0n) is 9.66. The predicted octanol–water partition coefficient (Wildman–Crippen LogP) is -0.372. The summed E-state index contributed by atoms with van der Waals surface area (Å²) in [6.45, 7) is 4.66. The molecule has 1 rings (SSSR count). The number of hydrogen-bond donors (Lipinski definition) is 2. The van der Waals surface area contributed by atoms with Gasteiger partial charge in [-0.05, 0) is 31.3 Å². The van der Waals surface area contributed by atoms with Crippen LogP contribution in [0.25, 0.3) is 0 Å². The topological polar surface area (TPSA) is 61.4 Å². The third kappa shape index (κ3) is 3.71. The minimum atomic E-state index is -3.26. The molecule has 15 heavy (non-hydrogen) atoms. The second-order valence-corrected chi connectivity index (χ2v) is 6.34. The Morgan fingerprint density at radius 2 is 2.13 bits per heavy atom. The van der Waals surface area contributed by atoms with Crippen LogP contribution >= 0.6 is 0 Å². The van der Waals surface area contributed by atoms with Crippen molar-refractivity contribution in [2.24, 2.45) is 11.8 Å². The molecule has 1 saturated heterocycles. The van der Waals surface area contributed by atoms with E-state index in [0.29, 0.717) is 18.4 Å². The van der Waals surface area contributed by atoms with Crippen molar-refractivity contribution >= 4 is 10.2 Å². The normalized spacial score (nSPS) is 28.3. The van der Waals surface area contributed by atoms with Gasteiger partial charge in [-0.25, -0.2) is 4.72 Å². The zero-order valence-corrected chi connectivity index (χ0v) is 10.5. The molecule has 0 bridgehead atoms. The Bertz CT molecular complexity index is 290. The maximum absolute atomic E-state index is 11.5. The van der Waals surface area contributed by atoms with Crippen LogP contribution in [0.15, 0.2) is 0 Å². The molecule has 6 heteroatoms. The summed E-state index contributed by atoms with van der Waals surface area (Å²) in [5.41, 5.74) is 0. The Hall–Kier alpha value is -0.170. The summed E-state index contributed by atoms with van der Waals surface area (Å²) in [6.07, 6.45) is 1.04. The first-order valence-electron chi connectivity index (χ1n) is 5.31. The summed E-state index contributed by atoms with van der Waals surface area (Å²) < 4.78 is 26.8. The lowest BCUT2D eigenvalue weighted by Gasteiger charge is -2.29. The summed E-state index contributed by atoms with van der Waals surface area (Å²) in [5, 5.41) is 3.30. The van der Waals surface area contributed by atoms with Crippen LogP contribution < -0.4 is 10.0 Å².